The lowest BCUT2D eigenvalue weighted by molar-refractivity contribution is 0.0956. The van der Waals surface area contributed by atoms with Gasteiger partial charge < -0.3 is 5.32 Å². The van der Waals surface area contributed by atoms with E-state index in [0.29, 0.717) is 12.1 Å². The third kappa shape index (κ3) is 5.32. The molecule has 0 heterocycles. The first-order valence-corrected chi connectivity index (χ1v) is 10.2. The average Bonchev–Trinajstić information content (AvgIpc) is 2.60. The molecular weight excluding hydrogens is 356 g/mol. The molecule has 0 aliphatic heterocycles. The van der Waals surface area contributed by atoms with E-state index < -0.39 is 10.0 Å². The number of hydrogen-bond acceptors (Lipinski definition) is 4. The number of nitrogens with zero attached hydrogens (tertiary/aromatic N) is 1. The van der Waals surface area contributed by atoms with Crippen molar-refractivity contribution in [2.75, 3.05) is 26.4 Å². The van der Waals surface area contributed by atoms with Crippen LogP contribution in [0.4, 0.5) is 0 Å². The van der Waals surface area contributed by atoms with Crippen LogP contribution in [0.5, 0.6) is 0 Å². The standard InChI is InChI=1S/C18H22N2O3S2/c1-14-4-8-16(9-5-14)24-13-12-19-18(21)15-6-10-17(11-7-15)25(22,23)20(2)3/h4-11H,12-13H2,1-3H3,(H,19,21). The highest BCUT2D eigenvalue weighted by Crippen LogP contribution is 2.17. The smallest absolute Gasteiger partial charge is 0.251 e. The first-order valence-electron chi connectivity index (χ1n) is 7.81. The fourth-order valence-corrected chi connectivity index (χ4v) is 3.73. The number of aryl methyl sites for hydroxylation is 1. The van der Waals surface area contributed by atoms with Crippen LogP contribution in [-0.2, 0) is 10.0 Å². The molecule has 0 saturated heterocycles. The second-order valence-electron chi connectivity index (χ2n) is 5.73. The molecule has 1 amide bonds. The van der Waals surface area contributed by atoms with Crippen molar-refractivity contribution in [2.24, 2.45) is 0 Å². The zero-order chi connectivity index (χ0) is 18.4. The van der Waals surface area contributed by atoms with Crippen molar-refractivity contribution in [1.29, 1.82) is 0 Å². The van der Waals surface area contributed by atoms with Crippen LogP contribution < -0.4 is 5.32 Å². The third-order valence-electron chi connectivity index (χ3n) is 3.57. The van der Waals surface area contributed by atoms with E-state index in [4.69, 9.17) is 0 Å². The maximum atomic E-state index is 12.1. The lowest BCUT2D eigenvalue weighted by Crippen LogP contribution is -2.26. The summed E-state index contributed by atoms with van der Waals surface area (Å²) in [5.74, 6) is 0.556. The Labute approximate surface area is 153 Å². The lowest BCUT2D eigenvalue weighted by atomic mass is 10.2. The molecule has 0 saturated carbocycles. The molecule has 2 aromatic carbocycles. The van der Waals surface area contributed by atoms with Crippen LogP contribution >= 0.6 is 11.8 Å². The highest BCUT2D eigenvalue weighted by Gasteiger charge is 2.17. The average molecular weight is 379 g/mol. The van der Waals surface area contributed by atoms with Gasteiger partial charge in [0.15, 0.2) is 0 Å². The molecule has 0 aromatic heterocycles. The Morgan fingerprint density at radius 3 is 2.20 bits per heavy atom. The van der Waals surface area contributed by atoms with Crippen LogP contribution in [0.2, 0.25) is 0 Å². The van der Waals surface area contributed by atoms with E-state index in [-0.39, 0.29) is 10.8 Å². The number of nitrogens with one attached hydrogen (secondary N) is 1. The molecule has 1 N–H and O–H groups in total. The normalized spacial score (nSPS) is 11.5. The van der Waals surface area contributed by atoms with Gasteiger partial charge in [-0.05, 0) is 43.3 Å². The minimum Gasteiger partial charge on any atom is -0.351 e. The summed E-state index contributed by atoms with van der Waals surface area (Å²) >= 11 is 1.68. The summed E-state index contributed by atoms with van der Waals surface area (Å²) in [6, 6.07) is 14.2. The van der Waals surface area contributed by atoms with E-state index in [1.165, 1.54) is 43.9 Å². The third-order valence-corrected chi connectivity index (χ3v) is 6.42. The first-order chi connectivity index (χ1) is 11.8. The molecule has 0 unspecified atom stereocenters. The molecule has 7 heteroatoms. The SMILES string of the molecule is Cc1ccc(SCCNC(=O)c2ccc(S(=O)(=O)N(C)C)cc2)cc1. The van der Waals surface area contributed by atoms with Gasteiger partial charge >= 0.3 is 0 Å². The summed E-state index contributed by atoms with van der Waals surface area (Å²) in [5.41, 5.74) is 1.66. The number of benzene rings is 2. The number of carbonyl (C=O) groups is 1. The van der Waals surface area contributed by atoms with Crippen molar-refractivity contribution in [1.82, 2.24) is 9.62 Å². The van der Waals surface area contributed by atoms with Crippen LogP contribution in [0.25, 0.3) is 0 Å². The second-order valence-corrected chi connectivity index (χ2v) is 9.05. The van der Waals surface area contributed by atoms with E-state index in [2.05, 4.69) is 29.6 Å². The highest BCUT2D eigenvalue weighted by molar-refractivity contribution is 7.99. The van der Waals surface area contributed by atoms with Crippen LogP contribution in [-0.4, -0.2) is 45.0 Å². The summed E-state index contributed by atoms with van der Waals surface area (Å²) in [4.78, 5) is 13.5. The van der Waals surface area contributed by atoms with Gasteiger partial charge in [0.25, 0.3) is 5.91 Å². The van der Waals surface area contributed by atoms with Gasteiger partial charge in [0.1, 0.15) is 0 Å². The summed E-state index contributed by atoms with van der Waals surface area (Å²) in [7, 11) is -0.528. The van der Waals surface area contributed by atoms with Crippen LogP contribution in [0.1, 0.15) is 15.9 Å². The Kier molecular flexibility index (Phi) is 6.64. The molecule has 0 radical (unpaired) electrons. The first kappa shape index (κ1) is 19.5. The molecule has 0 aliphatic carbocycles. The van der Waals surface area contributed by atoms with Gasteiger partial charge in [-0.1, -0.05) is 17.7 Å². The molecule has 0 aliphatic rings. The Hall–Kier alpha value is -1.83. The molecular formula is C18H22N2O3S2. The van der Waals surface area contributed by atoms with Crippen molar-refractivity contribution in [3.63, 3.8) is 0 Å². The minimum atomic E-state index is -3.48. The number of thioether (sulfide) groups is 1. The topological polar surface area (TPSA) is 66.5 Å². The maximum absolute atomic E-state index is 12.1. The Balaban J connectivity index is 1.85. The monoisotopic (exact) mass is 378 g/mol. The molecule has 0 spiro atoms. The molecule has 25 heavy (non-hydrogen) atoms. The van der Waals surface area contributed by atoms with Gasteiger partial charge in [-0.3, -0.25) is 4.79 Å². The Morgan fingerprint density at radius 1 is 1.04 bits per heavy atom. The van der Waals surface area contributed by atoms with E-state index in [9.17, 15) is 13.2 Å². The molecule has 0 fully saturated rings. The predicted molar refractivity (Wildman–Crippen MR) is 102 cm³/mol. The van der Waals surface area contributed by atoms with Crippen LogP contribution in [0.3, 0.4) is 0 Å². The van der Waals surface area contributed by atoms with E-state index >= 15 is 0 Å². The lowest BCUT2D eigenvalue weighted by Gasteiger charge is -2.11. The quantitative estimate of drug-likeness (QED) is 0.594. The van der Waals surface area contributed by atoms with Crippen LogP contribution in [0, 0.1) is 6.92 Å². The molecule has 134 valence electrons. The van der Waals surface area contributed by atoms with Crippen molar-refractivity contribution in [2.45, 2.75) is 16.7 Å². The number of rotatable bonds is 7. The van der Waals surface area contributed by atoms with E-state index in [0.717, 1.165) is 15.0 Å². The van der Waals surface area contributed by atoms with Gasteiger partial charge in [0, 0.05) is 36.9 Å². The number of hydrogen-bond donors (Lipinski definition) is 1. The summed E-state index contributed by atoms with van der Waals surface area (Å²) in [6.45, 7) is 2.58. The Bertz CT molecular complexity index is 814. The fraction of sp³-hybridized carbons (Fsp3) is 0.278. The number of amides is 1. The zero-order valence-electron chi connectivity index (χ0n) is 14.5. The summed E-state index contributed by atoms with van der Waals surface area (Å²) in [6.07, 6.45) is 0. The van der Waals surface area contributed by atoms with E-state index in [1.54, 1.807) is 11.8 Å². The van der Waals surface area contributed by atoms with Crippen molar-refractivity contribution in [3.8, 4) is 0 Å². The number of sulfonamides is 1. The Morgan fingerprint density at radius 2 is 1.64 bits per heavy atom. The molecule has 0 atom stereocenters. The van der Waals surface area contributed by atoms with Gasteiger partial charge in [0.2, 0.25) is 10.0 Å². The molecule has 0 bridgehead atoms. The predicted octanol–water partition coefficient (Wildman–Crippen LogP) is 2.77. The van der Waals surface area contributed by atoms with Crippen molar-refractivity contribution in [3.05, 3.63) is 59.7 Å². The van der Waals surface area contributed by atoms with Gasteiger partial charge in [0.05, 0.1) is 4.90 Å². The second kappa shape index (κ2) is 8.51. The van der Waals surface area contributed by atoms with Crippen molar-refractivity contribution >= 4 is 27.7 Å². The fourth-order valence-electron chi connectivity index (χ4n) is 2.06. The highest BCUT2D eigenvalue weighted by atomic mass is 32.2. The van der Waals surface area contributed by atoms with Crippen LogP contribution in [0.15, 0.2) is 58.3 Å². The van der Waals surface area contributed by atoms with Crippen molar-refractivity contribution < 1.29 is 13.2 Å². The summed E-state index contributed by atoms with van der Waals surface area (Å²) in [5, 5.41) is 2.84. The zero-order valence-corrected chi connectivity index (χ0v) is 16.2. The summed E-state index contributed by atoms with van der Waals surface area (Å²) < 4.78 is 25.1. The van der Waals surface area contributed by atoms with Gasteiger partial charge in [-0.2, -0.15) is 0 Å². The van der Waals surface area contributed by atoms with Gasteiger partial charge in [-0.25, -0.2) is 12.7 Å². The maximum Gasteiger partial charge on any atom is 0.251 e. The van der Waals surface area contributed by atoms with E-state index in [1.807, 2.05) is 6.92 Å². The largest absolute Gasteiger partial charge is 0.351 e. The number of carbonyl (C=O) groups excluding carboxylic acids is 1. The molecule has 5 nitrogen and oxygen atoms in total. The molecule has 2 aromatic rings. The van der Waals surface area contributed by atoms with Gasteiger partial charge in [-0.15, -0.1) is 11.8 Å². The minimum absolute atomic E-state index is 0.170. The molecule has 2 rings (SSSR count).